The van der Waals surface area contributed by atoms with E-state index in [1.807, 2.05) is 18.2 Å². The number of nitrogens with one attached hydrogen (secondary N) is 1. The van der Waals surface area contributed by atoms with Gasteiger partial charge in [-0.05, 0) is 42.4 Å². The summed E-state index contributed by atoms with van der Waals surface area (Å²) >= 11 is 5.24. The van der Waals surface area contributed by atoms with E-state index in [9.17, 15) is 4.79 Å². The molecule has 1 aliphatic heterocycles. The molecule has 0 aliphatic carbocycles. The van der Waals surface area contributed by atoms with Gasteiger partial charge in [-0.2, -0.15) is 0 Å². The van der Waals surface area contributed by atoms with Crippen molar-refractivity contribution in [3.63, 3.8) is 0 Å². The van der Waals surface area contributed by atoms with Crippen molar-refractivity contribution in [2.45, 2.75) is 13.0 Å². The maximum atomic E-state index is 12.5. The first-order chi connectivity index (χ1) is 11.6. The Morgan fingerprint density at radius 3 is 2.71 bits per heavy atom. The van der Waals surface area contributed by atoms with Gasteiger partial charge in [-0.15, -0.1) is 0 Å². The van der Waals surface area contributed by atoms with Crippen LogP contribution < -0.4 is 10.1 Å². The monoisotopic (exact) mass is 350 g/mol. The van der Waals surface area contributed by atoms with Gasteiger partial charge in [-0.1, -0.05) is 6.07 Å². The zero-order valence-electron chi connectivity index (χ0n) is 14.1. The Morgan fingerprint density at radius 1 is 1.25 bits per heavy atom. The van der Waals surface area contributed by atoms with Gasteiger partial charge < -0.3 is 19.5 Å². The number of hydrogen-bond donors (Lipinski definition) is 1. The van der Waals surface area contributed by atoms with Crippen molar-refractivity contribution >= 4 is 29.3 Å². The van der Waals surface area contributed by atoms with Crippen molar-refractivity contribution in [2.75, 3.05) is 34.5 Å². The fraction of sp³-hybridized carbons (Fsp3) is 0.412. The lowest BCUT2D eigenvalue weighted by Gasteiger charge is -2.13. The van der Waals surface area contributed by atoms with Crippen LogP contribution in [0.2, 0.25) is 0 Å². The molecular weight excluding hydrogens is 328 g/mol. The highest BCUT2D eigenvalue weighted by molar-refractivity contribution is 7.80. The molecule has 0 spiro atoms. The SMILES string of the molecule is COCCCN1C(=O)/C(=C\c2ccc(OC)c(COC)c2)NC1=S. The summed E-state index contributed by atoms with van der Waals surface area (Å²) in [5.74, 6) is 0.627. The average molecular weight is 350 g/mol. The molecule has 0 saturated carbocycles. The predicted octanol–water partition coefficient (Wildman–Crippen LogP) is 1.94. The molecule has 0 unspecified atom stereocenters. The van der Waals surface area contributed by atoms with E-state index in [1.54, 1.807) is 32.3 Å². The summed E-state index contributed by atoms with van der Waals surface area (Å²) in [4.78, 5) is 14.0. The number of carbonyl (C=O) groups is 1. The van der Waals surface area contributed by atoms with Crippen LogP contribution in [0.1, 0.15) is 17.5 Å². The van der Waals surface area contributed by atoms with Crippen LogP contribution in [-0.4, -0.2) is 50.4 Å². The summed E-state index contributed by atoms with van der Waals surface area (Å²) in [6.45, 7) is 1.56. The van der Waals surface area contributed by atoms with Crippen molar-refractivity contribution in [3.8, 4) is 5.75 Å². The summed E-state index contributed by atoms with van der Waals surface area (Å²) in [6.07, 6.45) is 2.52. The smallest absolute Gasteiger partial charge is 0.276 e. The lowest BCUT2D eigenvalue weighted by Crippen LogP contribution is -2.32. The molecule has 7 heteroatoms. The molecule has 0 atom stereocenters. The third kappa shape index (κ3) is 4.31. The Bertz CT molecular complexity index is 645. The second-order valence-corrected chi connectivity index (χ2v) is 5.68. The molecule has 0 aromatic heterocycles. The van der Waals surface area contributed by atoms with E-state index < -0.39 is 0 Å². The molecule has 130 valence electrons. The molecule has 1 N–H and O–H groups in total. The van der Waals surface area contributed by atoms with E-state index in [0.29, 0.717) is 30.6 Å². The van der Waals surface area contributed by atoms with Crippen molar-refractivity contribution in [1.29, 1.82) is 0 Å². The van der Waals surface area contributed by atoms with Crippen LogP contribution in [0.5, 0.6) is 5.75 Å². The molecule has 24 heavy (non-hydrogen) atoms. The van der Waals surface area contributed by atoms with E-state index in [-0.39, 0.29) is 5.91 Å². The van der Waals surface area contributed by atoms with Crippen LogP contribution in [0.3, 0.4) is 0 Å². The normalized spacial score (nSPS) is 16.0. The van der Waals surface area contributed by atoms with Crippen molar-refractivity contribution in [2.24, 2.45) is 0 Å². The number of benzene rings is 1. The Kier molecular flexibility index (Phi) is 6.72. The highest BCUT2D eigenvalue weighted by Gasteiger charge is 2.29. The first-order valence-corrected chi connectivity index (χ1v) is 8.01. The molecule has 1 aliphatic rings. The van der Waals surface area contributed by atoms with Crippen LogP contribution in [-0.2, 0) is 20.9 Å². The van der Waals surface area contributed by atoms with Gasteiger partial charge in [0.05, 0.1) is 13.7 Å². The Hall–Kier alpha value is -1.96. The number of amides is 1. The van der Waals surface area contributed by atoms with Gasteiger partial charge in [-0.25, -0.2) is 0 Å². The van der Waals surface area contributed by atoms with Gasteiger partial charge in [0.2, 0.25) is 0 Å². The first-order valence-electron chi connectivity index (χ1n) is 7.60. The fourth-order valence-corrected chi connectivity index (χ4v) is 2.75. The largest absolute Gasteiger partial charge is 0.496 e. The van der Waals surface area contributed by atoms with E-state index in [2.05, 4.69) is 5.32 Å². The molecule has 1 fully saturated rings. The minimum atomic E-state index is -0.125. The van der Waals surface area contributed by atoms with E-state index >= 15 is 0 Å². The molecule has 1 amide bonds. The lowest BCUT2D eigenvalue weighted by molar-refractivity contribution is -0.122. The highest BCUT2D eigenvalue weighted by atomic mass is 32.1. The third-order valence-electron chi connectivity index (χ3n) is 3.61. The molecule has 1 aromatic rings. The maximum Gasteiger partial charge on any atom is 0.276 e. The molecule has 0 radical (unpaired) electrons. The van der Waals surface area contributed by atoms with Gasteiger partial charge >= 0.3 is 0 Å². The topological polar surface area (TPSA) is 60.0 Å². The molecule has 6 nitrogen and oxygen atoms in total. The third-order valence-corrected chi connectivity index (χ3v) is 3.93. The first kappa shape index (κ1) is 18.4. The van der Waals surface area contributed by atoms with Gasteiger partial charge in [0.1, 0.15) is 11.4 Å². The van der Waals surface area contributed by atoms with Gasteiger partial charge in [0.25, 0.3) is 5.91 Å². The molecule has 1 saturated heterocycles. The summed E-state index contributed by atoms with van der Waals surface area (Å²) in [6, 6.07) is 5.67. The summed E-state index contributed by atoms with van der Waals surface area (Å²) in [7, 11) is 4.88. The number of methoxy groups -OCH3 is 3. The number of hydrogen-bond acceptors (Lipinski definition) is 5. The van der Waals surface area contributed by atoms with Gasteiger partial charge in [0, 0.05) is 32.9 Å². The Morgan fingerprint density at radius 2 is 2.04 bits per heavy atom. The molecule has 1 heterocycles. The van der Waals surface area contributed by atoms with E-state index in [1.165, 1.54) is 0 Å². The van der Waals surface area contributed by atoms with Crippen LogP contribution in [0.4, 0.5) is 0 Å². The fourth-order valence-electron chi connectivity index (χ4n) is 2.46. The average Bonchev–Trinajstić information content (AvgIpc) is 2.83. The molecule has 2 rings (SSSR count). The van der Waals surface area contributed by atoms with Crippen LogP contribution in [0.15, 0.2) is 23.9 Å². The van der Waals surface area contributed by atoms with E-state index in [4.69, 9.17) is 26.4 Å². The number of thiocarbonyl (C=S) groups is 1. The maximum absolute atomic E-state index is 12.5. The minimum Gasteiger partial charge on any atom is -0.496 e. The summed E-state index contributed by atoms with van der Waals surface area (Å²) in [5.41, 5.74) is 2.26. The standard InChI is InChI=1S/C17H22N2O4S/c1-21-8-4-7-19-16(20)14(18-17(19)24)10-12-5-6-15(23-3)13(9-12)11-22-2/h5-6,9-10H,4,7-8,11H2,1-3H3,(H,18,24)/b14-10+. The van der Waals surface area contributed by atoms with Crippen LogP contribution >= 0.6 is 12.2 Å². The lowest BCUT2D eigenvalue weighted by atomic mass is 10.1. The second-order valence-electron chi connectivity index (χ2n) is 5.30. The zero-order valence-corrected chi connectivity index (χ0v) is 14.9. The zero-order chi connectivity index (χ0) is 17.5. The van der Waals surface area contributed by atoms with Crippen LogP contribution in [0, 0.1) is 0 Å². The second kappa shape index (κ2) is 8.77. The van der Waals surface area contributed by atoms with E-state index in [0.717, 1.165) is 23.3 Å². The number of rotatable bonds is 8. The summed E-state index contributed by atoms with van der Waals surface area (Å²) in [5, 5.41) is 3.40. The van der Waals surface area contributed by atoms with Gasteiger partial charge in [0.15, 0.2) is 5.11 Å². The quantitative estimate of drug-likeness (QED) is 0.439. The Balaban J connectivity index is 2.17. The van der Waals surface area contributed by atoms with Crippen molar-refractivity contribution in [1.82, 2.24) is 10.2 Å². The van der Waals surface area contributed by atoms with Gasteiger partial charge in [-0.3, -0.25) is 9.69 Å². The molecule has 0 bridgehead atoms. The highest BCUT2D eigenvalue weighted by Crippen LogP contribution is 2.23. The predicted molar refractivity (Wildman–Crippen MR) is 95.6 cm³/mol. The molecule has 1 aromatic carbocycles. The molecular formula is C17H22N2O4S. The number of ether oxygens (including phenoxy) is 3. The van der Waals surface area contributed by atoms with Crippen molar-refractivity contribution < 1.29 is 19.0 Å². The van der Waals surface area contributed by atoms with Crippen molar-refractivity contribution in [3.05, 3.63) is 35.0 Å². The number of carbonyl (C=O) groups excluding carboxylic acids is 1. The summed E-state index contributed by atoms with van der Waals surface area (Å²) < 4.78 is 15.5. The Labute approximate surface area is 147 Å². The minimum absolute atomic E-state index is 0.125. The van der Waals surface area contributed by atoms with Crippen LogP contribution in [0.25, 0.3) is 6.08 Å². The number of nitrogens with zero attached hydrogens (tertiary/aromatic N) is 1.